The molecule has 1 aromatic rings. The lowest BCUT2D eigenvalue weighted by Crippen LogP contribution is -2.27. The van der Waals surface area contributed by atoms with Crippen molar-refractivity contribution >= 4 is 5.82 Å². The van der Waals surface area contributed by atoms with Gasteiger partial charge in [-0.3, -0.25) is 0 Å². The van der Waals surface area contributed by atoms with E-state index in [0.717, 1.165) is 11.7 Å². The van der Waals surface area contributed by atoms with Gasteiger partial charge in [-0.05, 0) is 30.9 Å². The monoisotopic (exact) mass is 205 g/mol. The van der Waals surface area contributed by atoms with Gasteiger partial charge in [0.1, 0.15) is 5.82 Å². The van der Waals surface area contributed by atoms with Crippen LogP contribution in [0, 0.1) is 5.92 Å². The van der Waals surface area contributed by atoms with Crippen LogP contribution >= 0.6 is 0 Å². The minimum Gasteiger partial charge on any atom is -0.366 e. The molecule has 1 aromatic heterocycles. The molecule has 0 bridgehead atoms. The van der Waals surface area contributed by atoms with Crippen molar-refractivity contribution in [3.8, 4) is 0 Å². The van der Waals surface area contributed by atoms with Gasteiger partial charge in [-0.1, -0.05) is 26.2 Å². The molecule has 1 aliphatic carbocycles. The van der Waals surface area contributed by atoms with Crippen molar-refractivity contribution in [3.63, 3.8) is 0 Å². The number of rotatable bonds is 3. The minimum absolute atomic E-state index is 0.598. The average molecular weight is 205 g/mol. The van der Waals surface area contributed by atoms with Gasteiger partial charge in [0, 0.05) is 12.2 Å². The maximum absolute atomic E-state index is 4.06. The number of hydrogen-bond donors (Lipinski definition) is 1. The molecular weight excluding hydrogens is 186 g/mol. The van der Waals surface area contributed by atoms with Crippen LogP contribution in [0.1, 0.15) is 39.0 Å². The summed E-state index contributed by atoms with van der Waals surface area (Å²) in [6, 6.07) is 4.51. The van der Waals surface area contributed by atoms with E-state index in [9.17, 15) is 0 Å². The van der Waals surface area contributed by atoms with Crippen LogP contribution in [0.2, 0.25) is 0 Å². The Morgan fingerprint density at radius 3 is 3.13 bits per heavy atom. The first-order chi connectivity index (χ1) is 7.38. The van der Waals surface area contributed by atoms with E-state index in [0.29, 0.717) is 6.04 Å². The molecule has 2 unspecified atom stereocenters. The topological polar surface area (TPSA) is 37.8 Å². The second-order valence-electron chi connectivity index (χ2n) is 4.39. The van der Waals surface area contributed by atoms with Gasteiger partial charge in [0.2, 0.25) is 0 Å². The van der Waals surface area contributed by atoms with Gasteiger partial charge in [-0.2, -0.15) is 5.10 Å². The standard InChI is InChI=1S/C12H19N3/c1-2-10-5-3-6-11(9-10)14-12-7-4-8-13-15-12/h4,7-8,10-11H,2-3,5-6,9H2,1H3,(H,14,15). The van der Waals surface area contributed by atoms with E-state index in [4.69, 9.17) is 0 Å². The highest BCUT2D eigenvalue weighted by Gasteiger charge is 2.20. The lowest BCUT2D eigenvalue weighted by molar-refractivity contribution is 0.327. The zero-order chi connectivity index (χ0) is 10.5. The number of aromatic nitrogens is 2. The summed E-state index contributed by atoms with van der Waals surface area (Å²) >= 11 is 0. The largest absolute Gasteiger partial charge is 0.366 e. The fourth-order valence-corrected chi connectivity index (χ4v) is 2.38. The van der Waals surface area contributed by atoms with Gasteiger partial charge in [0.25, 0.3) is 0 Å². The quantitative estimate of drug-likeness (QED) is 0.824. The summed E-state index contributed by atoms with van der Waals surface area (Å²) in [5.41, 5.74) is 0. The predicted octanol–water partition coefficient (Wildman–Crippen LogP) is 2.86. The lowest BCUT2D eigenvalue weighted by atomic mass is 9.84. The number of hydrogen-bond acceptors (Lipinski definition) is 3. The van der Waals surface area contributed by atoms with Crippen molar-refractivity contribution in [1.29, 1.82) is 0 Å². The van der Waals surface area contributed by atoms with Crippen LogP contribution in [0.3, 0.4) is 0 Å². The van der Waals surface area contributed by atoms with E-state index < -0.39 is 0 Å². The Balaban J connectivity index is 1.89. The van der Waals surface area contributed by atoms with Crippen molar-refractivity contribution in [2.75, 3.05) is 5.32 Å². The van der Waals surface area contributed by atoms with Crippen LogP contribution < -0.4 is 5.32 Å². The molecule has 0 aromatic carbocycles. The Morgan fingerprint density at radius 1 is 1.47 bits per heavy atom. The normalized spacial score (nSPS) is 26.2. The fourth-order valence-electron chi connectivity index (χ4n) is 2.38. The second-order valence-corrected chi connectivity index (χ2v) is 4.39. The molecule has 82 valence electrons. The molecule has 2 atom stereocenters. The molecule has 1 saturated carbocycles. The predicted molar refractivity (Wildman–Crippen MR) is 61.7 cm³/mol. The molecule has 2 rings (SSSR count). The minimum atomic E-state index is 0.598. The van der Waals surface area contributed by atoms with Crippen molar-refractivity contribution < 1.29 is 0 Å². The van der Waals surface area contributed by atoms with E-state index in [2.05, 4.69) is 22.4 Å². The number of nitrogens with one attached hydrogen (secondary N) is 1. The number of anilines is 1. The summed E-state index contributed by atoms with van der Waals surface area (Å²) in [4.78, 5) is 0. The fraction of sp³-hybridized carbons (Fsp3) is 0.667. The molecule has 1 N–H and O–H groups in total. The first kappa shape index (κ1) is 10.4. The zero-order valence-electron chi connectivity index (χ0n) is 9.32. The van der Waals surface area contributed by atoms with Crippen LogP contribution in [0.4, 0.5) is 5.82 Å². The van der Waals surface area contributed by atoms with Gasteiger partial charge in [0.15, 0.2) is 0 Å². The highest BCUT2D eigenvalue weighted by atomic mass is 15.2. The van der Waals surface area contributed by atoms with Gasteiger partial charge in [-0.25, -0.2) is 0 Å². The molecule has 0 aliphatic heterocycles. The average Bonchev–Trinajstić information content (AvgIpc) is 2.31. The molecule has 3 nitrogen and oxygen atoms in total. The first-order valence-electron chi connectivity index (χ1n) is 5.92. The molecule has 15 heavy (non-hydrogen) atoms. The third kappa shape index (κ3) is 2.91. The summed E-state index contributed by atoms with van der Waals surface area (Å²) in [7, 11) is 0. The molecule has 0 spiro atoms. The Morgan fingerprint density at radius 2 is 2.40 bits per heavy atom. The van der Waals surface area contributed by atoms with E-state index >= 15 is 0 Å². The molecule has 1 aliphatic rings. The maximum Gasteiger partial charge on any atom is 0.148 e. The molecular formula is C12H19N3. The van der Waals surface area contributed by atoms with E-state index in [1.54, 1.807) is 6.20 Å². The summed E-state index contributed by atoms with van der Waals surface area (Å²) in [6.45, 7) is 2.29. The highest BCUT2D eigenvalue weighted by Crippen LogP contribution is 2.28. The molecule has 1 fully saturated rings. The molecule has 1 heterocycles. The van der Waals surface area contributed by atoms with Gasteiger partial charge >= 0.3 is 0 Å². The lowest BCUT2D eigenvalue weighted by Gasteiger charge is -2.29. The number of nitrogens with zero attached hydrogens (tertiary/aromatic N) is 2. The van der Waals surface area contributed by atoms with E-state index in [-0.39, 0.29) is 0 Å². The molecule has 0 amide bonds. The van der Waals surface area contributed by atoms with Crippen molar-refractivity contribution in [3.05, 3.63) is 18.3 Å². The van der Waals surface area contributed by atoms with Crippen LogP contribution in [0.5, 0.6) is 0 Å². The summed E-state index contributed by atoms with van der Waals surface area (Å²) in [5, 5.41) is 11.4. The van der Waals surface area contributed by atoms with Crippen LogP contribution in [0.15, 0.2) is 18.3 Å². The van der Waals surface area contributed by atoms with Crippen molar-refractivity contribution in [2.45, 2.75) is 45.1 Å². The summed E-state index contributed by atoms with van der Waals surface area (Å²) in [5.74, 6) is 1.81. The van der Waals surface area contributed by atoms with E-state index in [1.165, 1.54) is 32.1 Å². The van der Waals surface area contributed by atoms with Gasteiger partial charge in [0.05, 0.1) is 0 Å². The Labute approximate surface area is 91.3 Å². The molecule has 3 heteroatoms. The molecule has 0 radical (unpaired) electrons. The van der Waals surface area contributed by atoms with Gasteiger partial charge < -0.3 is 5.32 Å². The maximum atomic E-state index is 4.06. The second kappa shape index (κ2) is 5.10. The van der Waals surface area contributed by atoms with Crippen LogP contribution in [0.25, 0.3) is 0 Å². The third-order valence-corrected chi connectivity index (χ3v) is 3.28. The third-order valence-electron chi connectivity index (χ3n) is 3.28. The SMILES string of the molecule is CCC1CCCC(Nc2cccnn2)C1. The highest BCUT2D eigenvalue weighted by molar-refractivity contribution is 5.32. The Hall–Kier alpha value is -1.12. The summed E-state index contributed by atoms with van der Waals surface area (Å²) < 4.78 is 0. The van der Waals surface area contributed by atoms with Gasteiger partial charge in [-0.15, -0.1) is 5.10 Å². The Kier molecular flexibility index (Phi) is 3.54. The van der Waals surface area contributed by atoms with Crippen LogP contribution in [-0.4, -0.2) is 16.2 Å². The Bertz CT molecular complexity index is 286. The van der Waals surface area contributed by atoms with Crippen LogP contribution in [-0.2, 0) is 0 Å². The van der Waals surface area contributed by atoms with E-state index in [1.807, 2.05) is 12.1 Å². The van der Waals surface area contributed by atoms with Crippen molar-refractivity contribution in [1.82, 2.24) is 10.2 Å². The van der Waals surface area contributed by atoms with Crippen molar-refractivity contribution in [2.24, 2.45) is 5.92 Å². The zero-order valence-corrected chi connectivity index (χ0v) is 9.32. The smallest absolute Gasteiger partial charge is 0.148 e. The summed E-state index contributed by atoms with van der Waals surface area (Å²) in [6.07, 6.45) is 8.31. The molecule has 0 saturated heterocycles. The first-order valence-corrected chi connectivity index (χ1v) is 5.92.